The van der Waals surface area contributed by atoms with Gasteiger partial charge in [0.15, 0.2) is 11.6 Å². The van der Waals surface area contributed by atoms with Gasteiger partial charge in [0, 0.05) is 0 Å². The number of carbonyl (C=O) groups excluding carboxylic acids is 1. The van der Waals surface area contributed by atoms with Crippen LogP contribution in [0.25, 0.3) is 0 Å². The van der Waals surface area contributed by atoms with Crippen LogP contribution in [0.1, 0.15) is 11.5 Å². The molecular formula is C7H8FNO3. The Hall–Kier alpha value is -1.39. The van der Waals surface area contributed by atoms with Crippen LogP contribution in [0.15, 0.2) is 4.52 Å². The van der Waals surface area contributed by atoms with E-state index < -0.39 is 11.8 Å². The van der Waals surface area contributed by atoms with Crippen molar-refractivity contribution in [3.63, 3.8) is 0 Å². The first-order valence-electron chi connectivity index (χ1n) is 3.32. The van der Waals surface area contributed by atoms with Crippen molar-refractivity contribution in [3.05, 3.63) is 17.3 Å². The first-order chi connectivity index (χ1) is 5.65. The number of methoxy groups -OCH3 is 1. The molecule has 0 bridgehead atoms. The Kier molecular flexibility index (Phi) is 2.42. The van der Waals surface area contributed by atoms with Gasteiger partial charge in [0.05, 0.1) is 7.11 Å². The molecule has 0 unspecified atom stereocenters. The number of nitrogens with zero attached hydrogens (tertiary/aromatic N) is 1. The van der Waals surface area contributed by atoms with Gasteiger partial charge in [-0.15, -0.1) is 0 Å². The fourth-order valence-corrected chi connectivity index (χ4v) is 0.719. The van der Waals surface area contributed by atoms with Crippen LogP contribution in [0.2, 0.25) is 0 Å². The normalized spacial score (nSPS) is 9.92. The summed E-state index contributed by atoms with van der Waals surface area (Å²) >= 11 is 0. The topological polar surface area (TPSA) is 52.3 Å². The number of aryl methyl sites for hydroxylation is 1. The third kappa shape index (κ3) is 1.61. The summed E-state index contributed by atoms with van der Waals surface area (Å²) < 4.78 is 21.8. The van der Waals surface area contributed by atoms with Crippen LogP contribution in [-0.4, -0.2) is 18.2 Å². The van der Waals surface area contributed by atoms with E-state index in [9.17, 15) is 9.18 Å². The van der Waals surface area contributed by atoms with E-state index in [-0.39, 0.29) is 17.9 Å². The number of rotatable bonds is 2. The van der Waals surface area contributed by atoms with Gasteiger partial charge in [-0.3, -0.25) is 4.79 Å². The molecule has 0 fully saturated rings. The zero-order valence-electron chi connectivity index (χ0n) is 6.76. The predicted molar refractivity (Wildman–Crippen MR) is 36.9 cm³/mol. The average Bonchev–Trinajstić information content (AvgIpc) is 2.36. The smallest absolute Gasteiger partial charge is 0.313 e. The van der Waals surface area contributed by atoms with E-state index >= 15 is 0 Å². The molecule has 1 aromatic rings. The highest BCUT2D eigenvalue weighted by Gasteiger charge is 2.15. The lowest BCUT2D eigenvalue weighted by Gasteiger charge is -1.93. The van der Waals surface area contributed by atoms with Gasteiger partial charge in [-0.2, -0.15) is 0 Å². The van der Waals surface area contributed by atoms with Gasteiger partial charge in [-0.1, -0.05) is 5.16 Å². The van der Waals surface area contributed by atoms with E-state index in [1.165, 1.54) is 14.0 Å². The number of halogens is 1. The predicted octanol–water partition coefficient (Wildman–Crippen LogP) is 0.838. The molecule has 4 nitrogen and oxygen atoms in total. The Balaban J connectivity index is 2.76. The first kappa shape index (κ1) is 8.70. The van der Waals surface area contributed by atoms with Crippen molar-refractivity contribution < 1.29 is 18.4 Å². The highest BCUT2D eigenvalue weighted by Crippen LogP contribution is 2.11. The number of hydrogen-bond donors (Lipinski definition) is 0. The number of carbonyl (C=O) groups is 1. The molecule has 0 saturated heterocycles. The first-order valence-corrected chi connectivity index (χ1v) is 3.32. The van der Waals surface area contributed by atoms with Crippen molar-refractivity contribution in [2.24, 2.45) is 0 Å². The third-order valence-corrected chi connectivity index (χ3v) is 1.39. The summed E-state index contributed by atoms with van der Waals surface area (Å²) in [5, 5.41) is 3.35. The van der Waals surface area contributed by atoms with Crippen molar-refractivity contribution in [2.75, 3.05) is 7.11 Å². The van der Waals surface area contributed by atoms with Gasteiger partial charge < -0.3 is 9.26 Å². The molecule has 66 valence electrons. The minimum atomic E-state index is -0.583. The maximum absolute atomic E-state index is 12.9. The zero-order valence-corrected chi connectivity index (χ0v) is 6.76. The summed E-state index contributed by atoms with van der Waals surface area (Å²) in [4.78, 5) is 10.7. The Bertz CT molecular complexity index is 295. The van der Waals surface area contributed by atoms with Gasteiger partial charge in [0.2, 0.25) is 0 Å². The largest absolute Gasteiger partial charge is 0.469 e. The molecule has 1 heterocycles. The molecule has 0 N–H and O–H groups in total. The molecule has 0 aliphatic carbocycles. The maximum Gasteiger partial charge on any atom is 0.313 e. The lowest BCUT2D eigenvalue weighted by Crippen LogP contribution is -2.04. The van der Waals surface area contributed by atoms with Crippen molar-refractivity contribution in [1.29, 1.82) is 0 Å². The second-order valence-corrected chi connectivity index (χ2v) is 2.26. The van der Waals surface area contributed by atoms with Crippen LogP contribution in [0.5, 0.6) is 0 Å². The number of aromatic nitrogens is 1. The van der Waals surface area contributed by atoms with E-state index in [1.54, 1.807) is 0 Å². The van der Waals surface area contributed by atoms with Crippen molar-refractivity contribution in [1.82, 2.24) is 5.16 Å². The molecule has 1 rings (SSSR count). The SMILES string of the molecule is COC(=O)Cc1onc(C)c1F. The highest BCUT2D eigenvalue weighted by atomic mass is 19.1. The van der Waals surface area contributed by atoms with Gasteiger partial charge in [-0.05, 0) is 6.92 Å². The van der Waals surface area contributed by atoms with Gasteiger partial charge in [0.25, 0.3) is 0 Å². The fourth-order valence-electron chi connectivity index (χ4n) is 0.719. The summed E-state index contributed by atoms with van der Waals surface area (Å²) in [7, 11) is 1.23. The molecule has 0 saturated carbocycles. The molecule has 0 amide bonds. The van der Waals surface area contributed by atoms with Crippen LogP contribution >= 0.6 is 0 Å². The fraction of sp³-hybridized carbons (Fsp3) is 0.429. The average molecular weight is 173 g/mol. The minimum Gasteiger partial charge on any atom is -0.469 e. The summed E-state index contributed by atoms with van der Waals surface area (Å²) in [5.41, 5.74) is 0.147. The third-order valence-electron chi connectivity index (χ3n) is 1.39. The van der Waals surface area contributed by atoms with Gasteiger partial charge in [-0.25, -0.2) is 4.39 Å². The summed E-state index contributed by atoms with van der Waals surface area (Å²) in [5.74, 6) is -1.22. The lowest BCUT2D eigenvalue weighted by atomic mass is 10.3. The van der Waals surface area contributed by atoms with E-state index in [0.717, 1.165) is 0 Å². The Morgan fingerprint density at radius 1 is 1.75 bits per heavy atom. The standard InChI is InChI=1S/C7H8FNO3/c1-4-7(8)5(12-9-4)3-6(10)11-2/h3H2,1-2H3. The molecule has 0 radical (unpaired) electrons. The zero-order chi connectivity index (χ0) is 9.14. The second-order valence-electron chi connectivity index (χ2n) is 2.26. The molecular weight excluding hydrogens is 165 g/mol. The lowest BCUT2D eigenvalue weighted by molar-refractivity contribution is -0.140. The molecule has 1 aromatic heterocycles. The van der Waals surface area contributed by atoms with Crippen molar-refractivity contribution in [3.8, 4) is 0 Å². The summed E-state index contributed by atoms with van der Waals surface area (Å²) in [6.45, 7) is 1.46. The highest BCUT2D eigenvalue weighted by molar-refractivity contribution is 5.71. The van der Waals surface area contributed by atoms with Crippen molar-refractivity contribution >= 4 is 5.97 Å². The second kappa shape index (κ2) is 3.34. The molecule has 0 aliphatic heterocycles. The van der Waals surface area contributed by atoms with E-state index in [1.807, 2.05) is 0 Å². The van der Waals surface area contributed by atoms with Gasteiger partial charge in [0.1, 0.15) is 12.1 Å². The molecule has 0 atom stereocenters. The monoisotopic (exact) mass is 173 g/mol. The maximum atomic E-state index is 12.9. The molecule has 0 aliphatic rings. The van der Waals surface area contributed by atoms with Crippen molar-refractivity contribution in [2.45, 2.75) is 13.3 Å². The number of hydrogen-bond acceptors (Lipinski definition) is 4. The molecule has 0 spiro atoms. The Morgan fingerprint density at radius 2 is 2.42 bits per heavy atom. The van der Waals surface area contributed by atoms with E-state index in [2.05, 4.69) is 14.4 Å². The molecule has 5 heteroatoms. The Labute approximate surface area is 68.3 Å². The van der Waals surface area contributed by atoms with Crippen LogP contribution in [0, 0.1) is 12.7 Å². The van der Waals surface area contributed by atoms with Crippen LogP contribution < -0.4 is 0 Å². The Morgan fingerprint density at radius 3 is 2.83 bits per heavy atom. The number of ether oxygens (including phenoxy) is 1. The van der Waals surface area contributed by atoms with Crippen LogP contribution in [-0.2, 0) is 16.0 Å². The van der Waals surface area contributed by atoms with E-state index in [0.29, 0.717) is 0 Å². The minimum absolute atomic E-state index is 0.0839. The van der Waals surface area contributed by atoms with Crippen LogP contribution in [0.4, 0.5) is 4.39 Å². The number of esters is 1. The van der Waals surface area contributed by atoms with E-state index in [4.69, 9.17) is 0 Å². The summed E-state index contributed by atoms with van der Waals surface area (Å²) in [6, 6.07) is 0. The molecule has 12 heavy (non-hydrogen) atoms. The van der Waals surface area contributed by atoms with Gasteiger partial charge >= 0.3 is 5.97 Å². The summed E-state index contributed by atoms with van der Waals surface area (Å²) in [6.07, 6.45) is -0.219. The quantitative estimate of drug-likeness (QED) is 0.622. The molecule has 0 aromatic carbocycles. The van der Waals surface area contributed by atoms with Crippen LogP contribution in [0.3, 0.4) is 0 Å².